The predicted octanol–water partition coefficient (Wildman–Crippen LogP) is 4.15. The van der Waals surface area contributed by atoms with Crippen molar-refractivity contribution in [3.8, 4) is 0 Å². The molecule has 2 aromatic carbocycles. The van der Waals surface area contributed by atoms with E-state index < -0.39 is 6.03 Å². The van der Waals surface area contributed by atoms with E-state index in [9.17, 15) is 4.79 Å². The van der Waals surface area contributed by atoms with Crippen molar-refractivity contribution in [2.45, 2.75) is 0 Å². The Bertz CT molecular complexity index is 627. The van der Waals surface area contributed by atoms with Gasteiger partial charge in [0.2, 0.25) is 0 Å². The first-order valence-electron chi connectivity index (χ1n) is 5.75. The van der Waals surface area contributed by atoms with Gasteiger partial charge in [-0.05, 0) is 42.0 Å². The lowest BCUT2D eigenvalue weighted by atomic mass is 10.2. The fraction of sp³-hybridized carbons (Fsp3) is 0. The fourth-order valence-corrected chi connectivity index (χ4v) is 1.77. The maximum Gasteiger partial charge on any atom is 0.339 e. The normalized spacial score (nSPS) is 10.5. The molecule has 0 atom stereocenters. The minimum Gasteiger partial charge on any atom is -0.307 e. The average Bonchev–Trinajstić information content (AvgIpc) is 2.41. The van der Waals surface area contributed by atoms with E-state index in [1.54, 1.807) is 42.5 Å². The second-order valence-corrected chi connectivity index (χ2v) is 4.76. The summed E-state index contributed by atoms with van der Waals surface area (Å²) in [5.74, 6) is 0. The topological polar surface area (TPSA) is 53.5 Å². The number of nitrogens with zero attached hydrogens (tertiary/aromatic N) is 1. The van der Waals surface area contributed by atoms with E-state index in [0.717, 1.165) is 5.56 Å². The Labute approximate surface area is 126 Å². The molecule has 0 aliphatic rings. The van der Waals surface area contributed by atoms with E-state index >= 15 is 0 Å². The lowest BCUT2D eigenvalue weighted by Crippen LogP contribution is -2.24. The molecule has 2 amide bonds. The Morgan fingerprint density at radius 2 is 1.80 bits per heavy atom. The van der Waals surface area contributed by atoms with Crippen molar-refractivity contribution in [2.75, 3.05) is 5.32 Å². The van der Waals surface area contributed by atoms with Crippen LogP contribution in [0, 0.1) is 0 Å². The maximum atomic E-state index is 11.6. The highest BCUT2D eigenvalue weighted by atomic mass is 35.5. The summed E-state index contributed by atoms with van der Waals surface area (Å²) in [7, 11) is 0. The molecular weight excluding hydrogens is 297 g/mol. The first-order chi connectivity index (χ1) is 9.63. The van der Waals surface area contributed by atoms with Crippen LogP contribution in [0.5, 0.6) is 0 Å². The summed E-state index contributed by atoms with van der Waals surface area (Å²) >= 11 is 11.6. The lowest BCUT2D eigenvalue weighted by Gasteiger charge is -2.03. The molecule has 20 heavy (non-hydrogen) atoms. The minimum atomic E-state index is -0.439. The van der Waals surface area contributed by atoms with Gasteiger partial charge in [0.1, 0.15) is 0 Å². The van der Waals surface area contributed by atoms with Gasteiger partial charge < -0.3 is 5.32 Å². The number of amides is 2. The van der Waals surface area contributed by atoms with Crippen molar-refractivity contribution < 1.29 is 4.79 Å². The van der Waals surface area contributed by atoms with Gasteiger partial charge in [-0.1, -0.05) is 35.3 Å². The average molecular weight is 308 g/mol. The van der Waals surface area contributed by atoms with Crippen LogP contribution in [0.4, 0.5) is 10.5 Å². The number of nitrogens with one attached hydrogen (secondary N) is 2. The Kier molecular flexibility index (Phi) is 4.98. The zero-order chi connectivity index (χ0) is 14.4. The van der Waals surface area contributed by atoms with E-state index in [0.29, 0.717) is 15.7 Å². The van der Waals surface area contributed by atoms with Crippen LogP contribution in [0.15, 0.2) is 53.6 Å². The van der Waals surface area contributed by atoms with Crippen LogP contribution < -0.4 is 10.7 Å². The molecule has 2 aromatic rings. The van der Waals surface area contributed by atoms with E-state index in [1.165, 1.54) is 6.21 Å². The molecule has 4 nitrogen and oxygen atoms in total. The summed E-state index contributed by atoms with van der Waals surface area (Å²) in [6.45, 7) is 0. The molecule has 0 heterocycles. The molecule has 0 aromatic heterocycles. The molecule has 0 saturated heterocycles. The number of carbonyl (C=O) groups is 1. The van der Waals surface area contributed by atoms with Crippen LogP contribution in [-0.4, -0.2) is 12.2 Å². The van der Waals surface area contributed by atoms with Crippen LogP contribution in [0.2, 0.25) is 10.0 Å². The van der Waals surface area contributed by atoms with E-state index in [4.69, 9.17) is 23.2 Å². The van der Waals surface area contributed by atoms with Crippen molar-refractivity contribution in [2.24, 2.45) is 5.10 Å². The van der Waals surface area contributed by atoms with Gasteiger partial charge >= 0.3 is 6.03 Å². The van der Waals surface area contributed by atoms with E-state index in [-0.39, 0.29) is 0 Å². The second-order valence-electron chi connectivity index (χ2n) is 3.89. The van der Waals surface area contributed by atoms with Gasteiger partial charge in [-0.25, -0.2) is 10.2 Å². The summed E-state index contributed by atoms with van der Waals surface area (Å²) < 4.78 is 0. The molecule has 0 spiro atoms. The monoisotopic (exact) mass is 307 g/mol. The highest BCUT2D eigenvalue weighted by Gasteiger charge is 1.99. The predicted molar refractivity (Wildman–Crippen MR) is 82.7 cm³/mol. The maximum absolute atomic E-state index is 11.6. The Balaban J connectivity index is 1.87. The molecule has 0 fully saturated rings. The van der Waals surface area contributed by atoms with Gasteiger partial charge in [0.25, 0.3) is 0 Å². The molecule has 0 aliphatic heterocycles. The van der Waals surface area contributed by atoms with Crippen molar-refractivity contribution in [1.82, 2.24) is 5.43 Å². The van der Waals surface area contributed by atoms with Gasteiger partial charge in [0.15, 0.2) is 0 Å². The van der Waals surface area contributed by atoms with Gasteiger partial charge in [-0.3, -0.25) is 0 Å². The molecule has 2 rings (SSSR count). The molecule has 0 aliphatic carbocycles. The van der Waals surface area contributed by atoms with Crippen LogP contribution in [-0.2, 0) is 0 Å². The zero-order valence-corrected chi connectivity index (χ0v) is 11.8. The molecule has 0 radical (unpaired) electrons. The fourth-order valence-electron chi connectivity index (χ4n) is 1.44. The summed E-state index contributed by atoms with van der Waals surface area (Å²) in [6.07, 6.45) is 1.51. The van der Waals surface area contributed by atoms with Gasteiger partial charge in [0, 0.05) is 15.7 Å². The third-order valence-electron chi connectivity index (χ3n) is 2.33. The highest BCUT2D eigenvalue weighted by Crippen LogP contribution is 2.13. The number of halogens is 2. The van der Waals surface area contributed by atoms with Crippen molar-refractivity contribution in [3.05, 3.63) is 64.1 Å². The Morgan fingerprint density at radius 1 is 1.05 bits per heavy atom. The van der Waals surface area contributed by atoms with E-state index in [2.05, 4.69) is 15.8 Å². The van der Waals surface area contributed by atoms with E-state index in [1.807, 2.05) is 6.07 Å². The molecule has 6 heteroatoms. The largest absolute Gasteiger partial charge is 0.339 e. The lowest BCUT2D eigenvalue weighted by molar-refractivity contribution is 0.252. The number of hydrogen-bond acceptors (Lipinski definition) is 2. The number of hydrogen-bond donors (Lipinski definition) is 2. The number of rotatable bonds is 3. The molecule has 0 bridgehead atoms. The number of hydrazone groups is 1. The van der Waals surface area contributed by atoms with Crippen LogP contribution in [0.25, 0.3) is 0 Å². The summed E-state index contributed by atoms with van der Waals surface area (Å²) in [6, 6.07) is 13.5. The van der Waals surface area contributed by atoms with Gasteiger partial charge in [-0.2, -0.15) is 5.10 Å². The molecule has 2 N–H and O–H groups in total. The Hall–Kier alpha value is -2.04. The van der Waals surface area contributed by atoms with Crippen LogP contribution in [0.3, 0.4) is 0 Å². The third-order valence-corrected chi connectivity index (χ3v) is 2.82. The van der Waals surface area contributed by atoms with Gasteiger partial charge in [-0.15, -0.1) is 0 Å². The van der Waals surface area contributed by atoms with Crippen molar-refractivity contribution in [3.63, 3.8) is 0 Å². The SMILES string of the molecule is O=C(N/N=C\c1cccc(Cl)c1)Nc1ccc(Cl)cc1. The number of carbonyl (C=O) groups excluding carboxylic acids is 1. The number of benzene rings is 2. The van der Waals surface area contributed by atoms with Crippen molar-refractivity contribution in [1.29, 1.82) is 0 Å². The van der Waals surface area contributed by atoms with Crippen LogP contribution >= 0.6 is 23.2 Å². The summed E-state index contributed by atoms with van der Waals surface area (Å²) in [5.41, 5.74) is 3.78. The van der Waals surface area contributed by atoms with Crippen LogP contribution in [0.1, 0.15) is 5.56 Å². The smallest absolute Gasteiger partial charge is 0.307 e. The molecular formula is C14H11Cl2N3O. The zero-order valence-electron chi connectivity index (χ0n) is 10.3. The minimum absolute atomic E-state index is 0.439. The van der Waals surface area contributed by atoms with Crippen molar-refractivity contribution >= 4 is 41.1 Å². The first kappa shape index (κ1) is 14.4. The molecule has 102 valence electrons. The summed E-state index contributed by atoms with van der Waals surface area (Å²) in [4.78, 5) is 11.6. The number of anilines is 1. The molecule has 0 unspecified atom stereocenters. The highest BCUT2D eigenvalue weighted by molar-refractivity contribution is 6.31. The third kappa shape index (κ3) is 4.57. The first-order valence-corrected chi connectivity index (χ1v) is 6.50. The standard InChI is InChI=1S/C14H11Cl2N3O/c15-11-4-6-13(7-5-11)18-14(20)19-17-9-10-2-1-3-12(16)8-10/h1-9H,(H2,18,19,20)/b17-9-. The quantitative estimate of drug-likeness (QED) is 0.649. The number of urea groups is 1. The van der Waals surface area contributed by atoms with Gasteiger partial charge in [0.05, 0.1) is 6.21 Å². The Morgan fingerprint density at radius 3 is 2.50 bits per heavy atom. The summed E-state index contributed by atoms with van der Waals surface area (Å²) in [5, 5.41) is 7.66. The molecule has 0 saturated carbocycles. The second kappa shape index (κ2) is 6.93.